The predicted octanol–water partition coefficient (Wildman–Crippen LogP) is 4.54. The van der Waals surface area contributed by atoms with Crippen LogP contribution in [-0.4, -0.2) is 29.2 Å². The first-order valence-electron chi connectivity index (χ1n) is 8.08. The molecule has 0 N–H and O–H groups in total. The second-order valence-electron chi connectivity index (χ2n) is 5.89. The summed E-state index contributed by atoms with van der Waals surface area (Å²) in [7, 11) is 0. The van der Waals surface area contributed by atoms with E-state index in [4.69, 9.17) is 16.3 Å². The number of thioether (sulfide) groups is 1. The number of rotatable bonds is 4. The Labute approximate surface area is 160 Å². The molecule has 0 spiro atoms. The predicted molar refractivity (Wildman–Crippen MR) is 102 cm³/mol. The van der Waals surface area contributed by atoms with Crippen LogP contribution in [-0.2, 0) is 4.79 Å². The average Bonchev–Trinajstić information content (AvgIpc) is 2.78. The van der Waals surface area contributed by atoms with Gasteiger partial charge in [-0.25, -0.2) is 0 Å². The maximum absolute atomic E-state index is 12.7. The number of nitrogens with zero attached hydrogens (tertiary/aromatic N) is 2. The highest BCUT2D eigenvalue weighted by molar-refractivity contribution is 8.00. The zero-order valence-corrected chi connectivity index (χ0v) is 15.6. The van der Waals surface area contributed by atoms with Crippen LogP contribution in [0.4, 0.5) is 11.4 Å². The molecule has 0 aliphatic carbocycles. The number of nitro groups is 1. The third-order valence-electron chi connectivity index (χ3n) is 4.02. The van der Waals surface area contributed by atoms with Gasteiger partial charge >= 0.3 is 0 Å². The summed E-state index contributed by atoms with van der Waals surface area (Å²) in [5, 5.41) is 11.3. The molecule has 0 bridgehead atoms. The molecule has 0 fully saturated rings. The van der Waals surface area contributed by atoms with Crippen LogP contribution in [0.25, 0.3) is 0 Å². The van der Waals surface area contributed by atoms with E-state index in [-0.39, 0.29) is 29.0 Å². The van der Waals surface area contributed by atoms with Gasteiger partial charge < -0.3 is 9.64 Å². The van der Waals surface area contributed by atoms with Crippen molar-refractivity contribution >= 4 is 40.6 Å². The Kier molecular flexibility index (Phi) is 5.68. The molecule has 3 rings (SSSR count). The number of nitro benzene ring substituents is 1. The molecule has 1 aliphatic heterocycles. The van der Waals surface area contributed by atoms with Gasteiger partial charge in [-0.3, -0.25) is 14.9 Å². The molecule has 0 saturated heterocycles. The number of benzene rings is 2. The number of para-hydroxylation sites is 1. The van der Waals surface area contributed by atoms with E-state index in [1.165, 1.54) is 18.2 Å². The smallest absolute Gasteiger partial charge is 0.271 e. The summed E-state index contributed by atoms with van der Waals surface area (Å²) in [6.07, 6.45) is 0.878. The molecule has 136 valence electrons. The topological polar surface area (TPSA) is 72.7 Å². The minimum Gasteiger partial charge on any atom is -0.482 e. The summed E-state index contributed by atoms with van der Waals surface area (Å²) in [6.45, 7) is 2.56. The third kappa shape index (κ3) is 4.11. The van der Waals surface area contributed by atoms with Crippen LogP contribution < -0.4 is 9.64 Å². The van der Waals surface area contributed by atoms with Crippen LogP contribution >= 0.6 is 23.4 Å². The minimum atomic E-state index is -0.534. The van der Waals surface area contributed by atoms with E-state index in [2.05, 4.69) is 6.92 Å². The molecule has 1 atom stereocenters. The number of ether oxygens (including phenoxy) is 1. The van der Waals surface area contributed by atoms with Crippen molar-refractivity contribution in [1.29, 1.82) is 0 Å². The maximum Gasteiger partial charge on any atom is 0.271 e. The number of fused-ring (bicyclic) bond motifs is 1. The lowest BCUT2D eigenvalue weighted by Gasteiger charge is -2.22. The van der Waals surface area contributed by atoms with E-state index in [1.54, 1.807) is 16.7 Å². The van der Waals surface area contributed by atoms with Crippen molar-refractivity contribution in [2.24, 2.45) is 0 Å². The van der Waals surface area contributed by atoms with Gasteiger partial charge in [-0.1, -0.05) is 30.7 Å². The Hall–Kier alpha value is -2.25. The van der Waals surface area contributed by atoms with Gasteiger partial charge in [0.15, 0.2) is 6.61 Å². The molecule has 0 unspecified atom stereocenters. The molecule has 0 radical (unpaired) electrons. The van der Waals surface area contributed by atoms with E-state index in [0.29, 0.717) is 11.8 Å². The summed E-state index contributed by atoms with van der Waals surface area (Å²) >= 11 is 7.77. The number of hydrogen-bond acceptors (Lipinski definition) is 5. The molecule has 1 heterocycles. The molecule has 2 aromatic rings. The number of amides is 1. The van der Waals surface area contributed by atoms with E-state index < -0.39 is 4.92 Å². The van der Waals surface area contributed by atoms with Gasteiger partial charge in [-0.05, 0) is 24.6 Å². The van der Waals surface area contributed by atoms with Crippen LogP contribution in [0, 0.1) is 10.1 Å². The highest BCUT2D eigenvalue weighted by Gasteiger charge is 2.24. The Morgan fingerprint density at radius 1 is 1.38 bits per heavy atom. The molecule has 1 amide bonds. The maximum atomic E-state index is 12.7. The van der Waals surface area contributed by atoms with E-state index in [0.717, 1.165) is 17.0 Å². The fourth-order valence-electron chi connectivity index (χ4n) is 2.68. The quantitative estimate of drug-likeness (QED) is 0.564. The molecular weight excluding hydrogens is 376 g/mol. The lowest BCUT2D eigenvalue weighted by Crippen LogP contribution is -2.36. The van der Waals surface area contributed by atoms with Crippen molar-refractivity contribution in [3.05, 3.63) is 57.6 Å². The summed E-state index contributed by atoms with van der Waals surface area (Å²) in [5.41, 5.74) is 0.756. The van der Waals surface area contributed by atoms with Crippen molar-refractivity contribution in [2.75, 3.05) is 18.1 Å². The first kappa shape index (κ1) is 18.5. The second-order valence-corrected chi connectivity index (χ2v) is 7.78. The second kappa shape index (κ2) is 7.97. The van der Waals surface area contributed by atoms with E-state index >= 15 is 0 Å². The van der Waals surface area contributed by atoms with Crippen LogP contribution in [0.5, 0.6) is 5.75 Å². The van der Waals surface area contributed by atoms with Crippen LogP contribution in [0.2, 0.25) is 5.02 Å². The zero-order chi connectivity index (χ0) is 18.7. The number of halogens is 1. The van der Waals surface area contributed by atoms with Crippen LogP contribution in [0.1, 0.15) is 13.3 Å². The SMILES string of the molecule is C[C@@H]1CCN(C(=O)COc2ccc([N+](=O)[O-])cc2Cl)c2ccccc2S1. The average molecular weight is 393 g/mol. The van der Waals surface area contributed by atoms with Crippen molar-refractivity contribution in [2.45, 2.75) is 23.5 Å². The van der Waals surface area contributed by atoms with E-state index in [1.807, 2.05) is 24.3 Å². The molecule has 1 aliphatic rings. The number of carbonyl (C=O) groups is 1. The molecular formula is C18H17ClN2O4S. The fraction of sp³-hybridized carbons (Fsp3) is 0.278. The molecule has 6 nitrogen and oxygen atoms in total. The minimum absolute atomic E-state index is 0.104. The Bertz CT molecular complexity index is 846. The van der Waals surface area contributed by atoms with Crippen molar-refractivity contribution < 1.29 is 14.5 Å². The number of anilines is 1. The van der Waals surface area contributed by atoms with Crippen molar-refractivity contribution in [3.8, 4) is 5.75 Å². The number of carbonyl (C=O) groups excluding carboxylic acids is 1. The monoisotopic (exact) mass is 392 g/mol. The van der Waals surface area contributed by atoms with Crippen LogP contribution in [0.3, 0.4) is 0 Å². The Balaban J connectivity index is 1.73. The van der Waals surface area contributed by atoms with Gasteiger partial charge in [0.2, 0.25) is 0 Å². The first-order valence-corrected chi connectivity index (χ1v) is 9.34. The number of hydrogen-bond donors (Lipinski definition) is 0. The summed E-state index contributed by atoms with van der Waals surface area (Å²) in [4.78, 5) is 25.7. The van der Waals surface area contributed by atoms with Gasteiger partial charge in [0.1, 0.15) is 5.75 Å². The highest BCUT2D eigenvalue weighted by atomic mass is 35.5. The third-order valence-corrected chi connectivity index (χ3v) is 5.55. The zero-order valence-electron chi connectivity index (χ0n) is 14.1. The molecule has 26 heavy (non-hydrogen) atoms. The highest BCUT2D eigenvalue weighted by Crippen LogP contribution is 2.37. The van der Waals surface area contributed by atoms with Gasteiger partial charge in [-0.2, -0.15) is 0 Å². The standard InChI is InChI=1S/C18H17ClN2O4S/c1-12-8-9-20(15-4-2-3-5-17(15)26-12)18(22)11-25-16-7-6-13(21(23)24)10-14(16)19/h2-7,10,12H,8-9,11H2,1H3/t12-/m1/s1. The Morgan fingerprint density at radius 2 is 2.15 bits per heavy atom. The first-order chi connectivity index (χ1) is 12.5. The lowest BCUT2D eigenvalue weighted by molar-refractivity contribution is -0.384. The van der Waals surface area contributed by atoms with E-state index in [9.17, 15) is 14.9 Å². The largest absolute Gasteiger partial charge is 0.482 e. The summed E-state index contributed by atoms with van der Waals surface area (Å²) in [6, 6.07) is 11.7. The van der Waals surface area contributed by atoms with Crippen LogP contribution in [0.15, 0.2) is 47.4 Å². The van der Waals surface area contributed by atoms with Gasteiger partial charge in [-0.15, -0.1) is 11.8 Å². The fourth-order valence-corrected chi connectivity index (χ4v) is 4.03. The van der Waals surface area contributed by atoms with Crippen molar-refractivity contribution in [1.82, 2.24) is 0 Å². The molecule has 8 heteroatoms. The summed E-state index contributed by atoms with van der Waals surface area (Å²) in [5.74, 6) is 0.0676. The number of non-ortho nitro benzene ring substituents is 1. The molecule has 0 aromatic heterocycles. The Morgan fingerprint density at radius 3 is 2.88 bits per heavy atom. The van der Waals surface area contributed by atoms with Gasteiger partial charge in [0.25, 0.3) is 11.6 Å². The lowest BCUT2D eigenvalue weighted by atomic mass is 10.2. The molecule has 2 aromatic carbocycles. The van der Waals surface area contributed by atoms with Gasteiger partial charge in [0.05, 0.1) is 15.6 Å². The van der Waals surface area contributed by atoms with Gasteiger partial charge in [0, 0.05) is 28.8 Å². The summed E-state index contributed by atoms with van der Waals surface area (Å²) < 4.78 is 5.52. The molecule has 0 saturated carbocycles. The van der Waals surface area contributed by atoms with Crippen molar-refractivity contribution in [3.63, 3.8) is 0 Å². The normalized spacial score (nSPS) is 16.5.